The molecule has 1 saturated carbocycles. The fourth-order valence-corrected chi connectivity index (χ4v) is 2.64. The van der Waals surface area contributed by atoms with Gasteiger partial charge in [-0.05, 0) is 38.5 Å². The van der Waals surface area contributed by atoms with Crippen LogP contribution in [-0.2, 0) is 0 Å². The zero-order valence-corrected chi connectivity index (χ0v) is 8.01. The zero-order valence-electron chi connectivity index (χ0n) is 8.01. The van der Waals surface area contributed by atoms with Gasteiger partial charge in [0.2, 0.25) is 0 Å². The molecule has 0 aliphatic heterocycles. The van der Waals surface area contributed by atoms with Crippen LogP contribution in [-0.4, -0.2) is 10.7 Å². The third kappa shape index (κ3) is 1.11. The highest BCUT2D eigenvalue weighted by molar-refractivity contribution is 5.17. The highest BCUT2D eigenvalue weighted by Gasteiger charge is 2.40. The molecule has 3 atom stereocenters. The van der Waals surface area contributed by atoms with Crippen LogP contribution in [0.15, 0.2) is 11.6 Å². The molecule has 2 bridgehead atoms. The van der Waals surface area contributed by atoms with Crippen molar-refractivity contribution < 1.29 is 5.11 Å². The predicted octanol–water partition coefficient (Wildman–Crippen LogP) is 2.50. The minimum absolute atomic E-state index is 0.353. The Labute approximate surface area is 74.5 Å². The van der Waals surface area contributed by atoms with Crippen molar-refractivity contribution in [1.29, 1.82) is 0 Å². The molecule has 0 aromatic carbocycles. The molecule has 1 nitrogen and oxygen atoms in total. The van der Waals surface area contributed by atoms with Crippen LogP contribution in [0.2, 0.25) is 0 Å². The van der Waals surface area contributed by atoms with E-state index in [9.17, 15) is 5.11 Å². The first-order valence-corrected chi connectivity index (χ1v) is 5.02. The average molecular weight is 166 g/mol. The minimum atomic E-state index is -0.441. The minimum Gasteiger partial charge on any atom is -0.389 e. The summed E-state index contributed by atoms with van der Waals surface area (Å²) in [5.74, 6) is 0.882. The van der Waals surface area contributed by atoms with Crippen molar-refractivity contribution in [1.82, 2.24) is 0 Å². The normalized spacial score (nSPS) is 47.1. The number of allylic oxidation sites excluding steroid dienone is 1. The highest BCUT2D eigenvalue weighted by Crippen LogP contribution is 2.44. The van der Waals surface area contributed by atoms with Crippen LogP contribution in [0.3, 0.4) is 0 Å². The Morgan fingerprint density at radius 2 is 2.33 bits per heavy atom. The van der Waals surface area contributed by atoms with E-state index in [1.54, 1.807) is 5.57 Å². The molecular formula is C11H18O. The molecular weight excluding hydrogens is 148 g/mol. The van der Waals surface area contributed by atoms with Gasteiger partial charge in [0.15, 0.2) is 0 Å². The summed E-state index contributed by atoms with van der Waals surface area (Å²) in [5, 5.41) is 10.2. The molecule has 2 rings (SSSR count). The van der Waals surface area contributed by atoms with E-state index in [1.165, 1.54) is 19.3 Å². The zero-order chi connectivity index (χ0) is 8.77. The standard InChI is InChI=1S/C11H18O/c1-8-6-9-4-3-5-10(7-9)11(8,2)12/h6,8,10,12H,3-5,7H2,1-2H3. The lowest BCUT2D eigenvalue weighted by atomic mass is 9.66. The van der Waals surface area contributed by atoms with E-state index in [0.717, 1.165) is 6.42 Å². The summed E-state index contributed by atoms with van der Waals surface area (Å²) in [5.41, 5.74) is 1.15. The summed E-state index contributed by atoms with van der Waals surface area (Å²) in [7, 11) is 0. The molecule has 1 N–H and O–H groups in total. The van der Waals surface area contributed by atoms with Crippen molar-refractivity contribution in [3.05, 3.63) is 11.6 Å². The van der Waals surface area contributed by atoms with Crippen molar-refractivity contribution in [2.45, 2.75) is 45.1 Å². The van der Waals surface area contributed by atoms with Crippen molar-refractivity contribution >= 4 is 0 Å². The molecule has 0 saturated heterocycles. The van der Waals surface area contributed by atoms with Crippen LogP contribution in [0.5, 0.6) is 0 Å². The first-order valence-electron chi connectivity index (χ1n) is 5.02. The van der Waals surface area contributed by atoms with Gasteiger partial charge in [-0.25, -0.2) is 0 Å². The van der Waals surface area contributed by atoms with Crippen LogP contribution in [0.25, 0.3) is 0 Å². The molecule has 0 amide bonds. The smallest absolute Gasteiger partial charge is 0.0710 e. The molecule has 3 unspecified atom stereocenters. The van der Waals surface area contributed by atoms with Crippen LogP contribution >= 0.6 is 0 Å². The molecule has 0 aromatic heterocycles. The molecule has 2 aliphatic rings. The second kappa shape index (κ2) is 2.59. The summed E-state index contributed by atoms with van der Waals surface area (Å²) >= 11 is 0. The first-order chi connectivity index (χ1) is 5.60. The third-order valence-corrected chi connectivity index (χ3v) is 3.79. The van der Waals surface area contributed by atoms with Crippen LogP contribution < -0.4 is 0 Å². The number of fused-ring (bicyclic) bond motifs is 2. The summed E-state index contributed by atoms with van der Waals surface area (Å²) in [6.45, 7) is 4.14. The van der Waals surface area contributed by atoms with Crippen molar-refractivity contribution in [2.75, 3.05) is 0 Å². The maximum Gasteiger partial charge on any atom is 0.0710 e. The molecule has 0 spiro atoms. The van der Waals surface area contributed by atoms with Crippen LogP contribution in [0.4, 0.5) is 0 Å². The maximum atomic E-state index is 10.2. The van der Waals surface area contributed by atoms with Gasteiger partial charge in [0.05, 0.1) is 5.60 Å². The van der Waals surface area contributed by atoms with E-state index in [1.807, 2.05) is 6.92 Å². The van der Waals surface area contributed by atoms with Gasteiger partial charge in [0.1, 0.15) is 0 Å². The lowest BCUT2D eigenvalue weighted by Gasteiger charge is -2.44. The third-order valence-electron chi connectivity index (χ3n) is 3.79. The van der Waals surface area contributed by atoms with E-state index in [2.05, 4.69) is 13.0 Å². The Hall–Kier alpha value is -0.300. The number of rotatable bonds is 0. The maximum absolute atomic E-state index is 10.2. The van der Waals surface area contributed by atoms with Gasteiger partial charge in [0.25, 0.3) is 0 Å². The summed E-state index contributed by atoms with van der Waals surface area (Å²) in [6.07, 6.45) is 7.21. The molecule has 0 heterocycles. The highest BCUT2D eigenvalue weighted by atomic mass is 16.3. The Bertz CT molecular complexity index is 215. The Morgan fingerprint density at radius 1 is 1.58 bits per heavy atom. The van der Waals surface area contributed by atoms with Gasteiger partial charge in [-0.1, -0.05) is 18.6 Å². The van der Waals surface area contributed by atoms with Crippen LogP contribution in [0, 0.1) is 11.8 Å². The largest absolute Gasteiger partial charge is 0.389 e. The Morgan fingerprint density at radius 3 is 3.08 bits per heavy atom. The monoisotopic (exact) mass is 166 g/mol. The van der Waals surface area contributed by atoms with E-state index in [0.29, 0.717) is 11.8 Å². The molecule has 0 radical (unpaired) electrons. The van der Waals surface area contributed by atoms with Crippen molar-refractivity contribution in [2.24, 2.45) is 11.8 Å². The topological polar surface area (TPSA) is 20.2 Å². The molecule has 1 heteroatoms. The van der Waals surface area contributed by atoms with Crippen LogP contribution in [0.1, 0.15) is 39.5 Å². The number of hydrogen-bond acceptors (Lipinski definition) is 1. The molecule has 1 fully saturated rings. The number of hydrogen-bond donors (Lipinski definition) is 1. The molecule has 12 heavy (non-hydrogen) atoms. The van der Waals surface area contributed by atoms with E-state index in [4.69, 9.17) is 0 Å². The van der Waals surface area contributed by atoms with Gasteiger partial charge >= 0.3 is 0 Å². The van der Waals surface area contributed by atoms with Gasteiger partial charge in [-0.3, -0.25) is 0 Å². The Balaban J connectivity index is 2.30. The van der Waals surface area contributed by atoms with Crippen molar-refractivity contribution in [3.63, 3.8) is 0 Å². The van der Waals surface area contributed by atoms with E-state index in [-0.39, 0.29) is 0 Å². The van der Waals surface area contributed by atoms with Gasteiger partial charge in [0, 0.05) is 5.92 Å². The Kier molecular flexibility index (Phi) is 1.80. The van der Waals surface area contributed by atoms with Gasteiger partial charge < -0.3 is 5.11 Å². The summed E-state index contributed by atoms with van der Waals surface area (Å²) < 4.78 is 0. The lowest BCUT2D eigenvalue weighted by molar-refractivity contribution is -0.0478. The second-order valence-corrected chi connectivity index (χ2v) is 4.63. The summed E-state index contributed by atoms with van der Waals surface area (Å²) in [4.78, 5) is 0. The lowest BCUT2D eigenvalue weighted by Crippen LogP contribution is -2.44. The second-order valence-electron chi connectivity index (χ2n) is 4.63. The fraction of sp³-hybridized carbons (Fsp3) is 0.818. The van der Waals surface area contributed by atoms with Crippen molar-refractivity contribution in [3.8, 4) is 0 Å². The molecule has 0 aromatic rings. The summed E-state index contributed by atoms with van der Waals surface area (Å²) in [6, 6.07) is 0. The number of aliphatic hydroxyl groups is 1. The predicted molar refractivity (Wildman–Crippen MR) is 49.8 cm³/mol. The van der Waals surface area contributed by atoms with E-state index >= 15 is 0 Å². The van der Waals surface area contributed by atoms with Gasteiger partial charge in [-0.2, -0.15) is 0 Å². The fourth-order valence-electron chi connectivity index (χ4n) is 2.64. The average Bonchev–Trinajstić information content (AvgIpc) is 2.03. The first kappa shape index (κ1) is 8.31. The quantitative estimate of drug-likeness (QED) is 0.548. The molecule has 68 valence electrons. The SMILES string of the molecule is CC1C=C2CCCC(C2)C1(C)O. The van der Waals surface area contributed by atoms with Gasteiger partial charge in [-0.15, -0.1) is 0 Å². The van der Waals surface area contributed by atoms with E-state index < -0.39 is 5.60 Å². The molecule has 2 aliphatic carbocycles.